The lowest BCUT2D eigenvalue weighted by molar-refractivity contribution is -0.0823. The summed E-state index contributed by atoms with van der Waals surface area (Å²) in [7, 11) is 0. The number of ketones is 1. The molecular weight excluding hydrogens is 262 g/mol. The first-order valence-electron chi connectivity index (χ1n) is 8.47. The molecule has 0 amide bonds. The number of rotatable bonds is 4. The molecule has 1 aromatic rings. The average Bonchev–Trinajstić information content (AvgIpc) is 2.83. The first-order valence-corrected chi connectivity index (χ1v) is 8.47. The van der Waals surface area contributed by atoms with Crippen LogP contribution in [0.5, 0.6) is 0 Å². The summed E-state index contributed by atoms with van der Waals surface area (Å²) < 4.78 is 1.82. The monoisotopic (exact) mass is 287 g/mol. The van der Waals surface area contributed by atoms with Gasteiger partial charge in [0.25, 0.3) is 0 Å². The summed E-state index contributed by atoms with van der Waals surface area (Å²) in [5.74, 6) is 1.88. The Morgan fingerprint density at radius 3 is 2.67 bits per heavy atom. The fourth-order valence-corrected chi connectivity index (χ4v) is 6.07. The van der Waals surface area contributed by atoms with Gasteiger partial charge in [-0.15, -0.1) is 5.10 Å². The van der Waals surface area contributed by atoms with Crippen molar-refractivity contribution >= 4 is 5.78 Å². The molecule has 0 radical (unpaired) electrons. The predicted octanol–water partition coefficient (Wildman–Crippen LogP) is 3.48. The van der Waals surface area contributed by atoms with Crippen LogP contribution in [0.25, 0.3) is 0 Å². The van der Waals surface area contributed by atoms with Crippen molar-refractivity contribution in [3.8, 4) is 0 Å². The van der Waals surface area contributed by atoms with E-state index in [9.17, 15) is 4.79 Å². The van der Waals surface area contributed by atoms with Gasteiger partial charge in [-0.2, -0.15) is 0 Å². The zero-order valence-corrected chi connectivity index (χ0v) is 13.1. The molecule has 5 rings (SSSR count). The van der Waals surface area contributed by atoms with E-state index in [1.165, 1.54) is 19.3 Å². The highest BCUT2D eigenvalue weighted by atomic mass is 16.1. The number of nitrogens with zero attached hydrogens (tertiary/aromatic N) is 3. The third-order valence-electron chi connectivity index (χ3n) is 6.12. The maximum Gasteiger partial charge on any atom is 0.188 e. The second-order valence-electron chi connectivity index (χ2n) is 8.22. The van der Waals surface area contributed by atoms with Crippen LogP contribution in [-0.4, -0.2) is 20.8 Å². The van der Waals surface area contributed by atoms with E-state index in [4.69, 9.17) is 0 Å². The van der Waals surface area contributed by atoms with E-state index in [0.717, 1.165) is 49.8 Å². The Hall–Kier alpha value is -1.19. The Bertz CT molecular complexity index is 562. The molecule has 4 bridgehead atoms. The second kappa shape index (κ2) is 4.40. The van der Waals surface area contributed by atoms with Crippen LogP contribution in [-0.2, 0) is 6.54 Å². The molecule has 0 spiro atoms. The minimum Gasteiger partial charge on any atom is -0.292 e. The second-order valence-corrected chi connectivity index (χ2v) is 8.22. The standard InChI is InChI=1S/C17H25N3O/c1-3-4-20-14(10-18-19-20)15(21)17-8-12-5-13(9-17)7-16(2,6-12)11-17/h10,12-13H,3-9,11H2,1-2H3. The van der Waals surface area contributed by atoms with Crippen LogP contribution in [0.1, 0.15) is 69.3 Å². The number of aromatic nitrogens is 3. The van der Waals surface area contributed by atoms with Crippen LogP contribution >= 0.6 is 0 Å². The molecule has 4 heteroatoms. The van der Waals surface area contributed by atoms with Crippen molar-refractivity contribution in [1.82, 2.24) is 15.0 Å². The Kier molecular flexibility index (Phi) is 2.82. The summed E-state index contributed by atoms with van der Waals surface area (Å²) >= 11 is 0. The van der Waals surface area contributed by atoms with Gasteiger partial charge in [0.05, 0.1) is 6.20 Å². The number of hydrogen-bond donors (Lipinski definition) is 0. The fraction of sp³-hybridized carbons (Fsp3) is 0.824. The Labute approximate surface area is 126 Å². The van der Waals surface area contributed by atoms with Crippen molar-refractivity contribution in [2.45, 2.75) is 65.3 Å². The van der Waals surface area contributed by atoms with Crippen LogP contribution in [0.2, 0.25) is 0 Å². The summed E-state index contributed by atoms with van der Waals surface area (Å²) in [4.78, 5) is 13.3. The largest absolute Gasteiger partial charge is 0.292 e. The highest BCUT2D eigenvalue weighted by molar-refractivity contribution is 5.99. The van der Waals surface area contributed by atoms with Gasteiger partial charge in [0, 0.05) is 12.0 Å². The normalized spacial score (nSPS) is 40.7. The van der Waals surface area contributed by atoms with Gasteiger partial charge in [-0.3, -0.25) is 4.79 Å². The number of carbonyl (C=O) groups is 1. The van der Waals surface area contributed by atoms with E-state index in [0.29, 0.717) is 11.2 Å². The topological polar surface area (TPSA) is 47.8 Å². The van der Waals surface area contributed by atoms with Crippen LogP contribution in [0.3, 0.4) is 0 Å². The Morgan fingerprint density at radius 1 is 1.33 bits per heavy atom. The number of carbonyl (C=O) groups excluding carboxylic acids is 1. The van der Waals surface area contributed by atoms with Crippen molar-refractivity contribution < 1.29 is 4.79 Å². The molecule has 114 valence electrons. The summed E-state index contributed by atoms with van der Waals surface area (Å²) in [5.41, 5.74) is 1.05. The zero-order chi connectivity index (χ0) is 14.7. The van der Waals surface area contributed by atoms with E-state index in [2.05, 4.69) is 24.2 Å². The highest BCUT2D eigenvalue weighted by Gasteiger charge is 2.59. The molecule has 4 aliphatic carbocycles. The average molecular weight is 287 g/mol. The molecule has 1 heterocycles. The quantitative estimate of drug-likeness (QED) is 0.797. The minimum atomic E-state index is -0.105. The van der Waals surface area contributed by atoms with Crippen LogP contribution in [0.15, 0.2) is 6.20 Å². The molecular formula is C17H25N3O. The molecule has 2 atom stereocenters. The number of Topliss-reactive ketones (excluding diaryl/α,β-unsaturated/α-hetero) is 1. The van der Waals surface area contributed by atoms with Crippen molar-refractivity contribution in [1.29, 1.82) is 0 Å². The maximum absolute atomic E-state index is 13.3. The van der Waals surface area contributed by atoms with Crippen molar-refractivity contribution in [2.75, 3.05) is 0 Å². The van der Waals surface area contributed by atoms with E-state index in [1.54, 1.807) is 6.20 Å². The molecule has 0 aliphatic heterocycles. The molecule has 21 heavy (non-hydrogen) atoms. The Balaban J connectivity index is 1.69. The lowest BCUT2D eigenvalue weighted by atomic mass is 9.43. The van der Waals surface area contributed by atoms with E-state index in [-0.39, 0.29) is 5.41 Å². The molecule has 2 unspecified atom stereocenters. The van der Waals surface area contributed by atoms with Gasteiger partial charge >= 0.3 is 0 Å². The summed E-state index contributed by atoms with van der Waals surface area (Å²) in [6.45, 7) is 5.32. The van der Waals surface area contributed by atoms with Gasteiger partial charge in [0.2, 0.25) is 0 Å². The van der Waals surface area contributed by atoms with Crippen LogP contribution in [0, 0.1) is 22.7 Å². The molecule has 4 fully saturated rings. The summed E-state index contributed by atoms with van der Waals surface area (Å²) in [5, 5.41) is 8.12. The van der Waals surface area contributed by atoms with Gasteiger partial charge in [-0.1, -0.05) is 19.1 Å². The third kappa shape index (κ3) is 1.98. The van der Waals surface area contributed by atoms with Crippen molar-refractivity contribution in [3.05, 3.63) is 11.9 Å². The molecule has 4 saturated carbocycles. The number of aryl methyl sites for hydroxylation is 1. The maximum atomic E-state index is 13.3. The van der Waals surface area contributed by atoms with E-state index < -0.39 is 0 Å². The smallest absolute Gasteiger partial charge is 0.188 e. The lowest BCUT2D eigenvalue weighted by Gasteiger charge is -2.60. The molecule has 0 aromatic carbocycles. The molecule has 0 saturated heterocycles. The van der Waals surface area contributed by atoms with Gasteiger partial charge in [0.1, 0.15) is 5.69 Å². The van der Waals surface area contributed by atoms with Gasteiger partial charge < -0.3 is 0 Å². The van der Waals surface area contributed by atoms with Crippen LogP contribution in [0.4, 0.5) is 0 Å². The molecule has 0 N–H and O–H groups in total. The first-order chi connectivity index (χ1) is 10.0. The van der Waals surface area contributed by atoms with Gasteiger partial charge in [-0.05, 0) is 62.2 Å². The third-order valence-corrected chi connectivity index (χ3v) is 6.12. The van der Waals surface area contributed by atoms with Gasteiger partial charge in [0.15, 0.2) is 5.78 Å². The summed E-state index contributed by atoms with van der Waals surface area (Å²) in [6.07, 6.45) is 10.0. The molecule has 1 aromatic heterocycles. The highest BCUT2D eigenvalue weighted by Crippen LogP contribution is 2.65. The fourth-order valence-electron chi connectivity index (χ4n) is 6.07. The summed E-state index contributed by atoms with van der Waals surface area (Å²) in [6, 6.07) is 0. The predicted molar refractivity (Wildman–Crippen MR) is 79.9 cm³/mol. The molecule has 4 nitrogen and oxygen atoms in total. The SMILES string of the molecule is CCCn1nncc1C(=O)C12CC3CC(CC(C)(C3)C1)C2. The van der Waals surface area contributed by atoms with Crippen molar-refractivity contribution in [2.24, 2.45) is 22.7 Å². The van der Waals surface area contributed by atoms with Crippen LogP contribution < -0.4 is 0 Å². The zero-order valence-electron chi connectivity index (χ0n) is 13.1. The first kappa shape index (κ1) is 13.5. The molecule has 4 aliphatic rings. The van der Waals surface area contributed by atoms with Gasteiger partial charge in [-0.25, -0.2) is 4.68 Å². The van der Waals surface area contributed by atoms with Crippen molar-refractivity contribution in [3.63, 3.8) is 0 Å². The Morgan fingerprint density at radius 2 is 2.05 bits per heavy atom. The van der Waals surface area contributed by atoms with E-state index >= 15 is 0 Å². The number of hydrogen-bond acceptors (Lipinski definition) is 3. The van der Waals surface area contributed by atoms with E-state index in [1.807, 2.05) is 4.68 Å². The minimum absolute atomic E-state index is 0.105. The lowest BCUT2D eigenvalue weighted by Crippen LogP contribution is -2.54.